The lowest BCUT2D eigenvalue weighted by atomic mass is 9.81. The third-order valence-electron chi connectivity index (χ3n) is 7.04. The van der Waals surface area contributed by atoms with Gasteiger partial charge in [-0.25, -0.2) is 9.59 Å². The van der Waals surface area contributed by atoms with Gasteiger partial charge in [0.15, 0.2) is 0 Å². The number of esters is 1. The average molecular weight is 418 g/mol. The second-order valence-corrected chi connectivity index (χ2v) is 8.71. The van der Waals surface area contributed by atoms with Crippen LogP contribution in [0.15, 0.2) is 42.5 Å². The quantitative estimate of drug-likeness (QED) is 0.552. The first-order valence-electron chi connectivity index (χ1n) is 11.2. The number of benzene rings is 2. The smallest absolute Gasteiger partial charge is 0.338 e. The van der Waals surface area contributed by atoms with Gasteiger partial charge >= 0.3 is 11.9 Å². The molecule has 1 aliphatic heterocycles. The monoisotopic (exact) mass is 417 g/mol. The van der Waals surface area contributed by atoms with Crippen LogP contribution in [0.1, 0.15) is 72.0 Å². The van der Waals surface area contributed by atoms with Gasteiger partial charge in [-0.15, -0.1) is 0 Å². The number of aryl methyl sites for hydroxylation is 1. The minimum atomic E-state index is -0.821. The summed E-state index contributed by atoms with van der Waals surface area (Å²) >= 11 is 0. The van der Waals surface area contributed by atoms with Crippen molar-refractivity contribution in [1.29, 1.82) is 0 Å². The molecule has 160 valence electrons. The van der Waals surface area contributed by atoms with E-state index in [0.29, 0.717) is 24.3 Å². The zero-order chi connectivity index (χ0) is 21.5. The minimum Gasteiger partial charge on any atom is -0.480 e. The van der Waals surface area contributed by atoms with Crippen LogP contribution in [0.3, 0.4) is 0 Å². The highest BCUT2D eigenvalue weighted by Crippen LogP contribution is 2.48. The summed E-state index contributed by atoms with van der Waals surface area (Å²) in [5.41, 5.74) is 5.68. The van der Waals surface area contributed by atoms with E-state index in [0.717, 1.165) is 40.6 Å². The van der Waals surface area contributed by atoms with Gasteiger partial charge in [0.1, 0.15) is 6.04 Å². The Morgan fingerprint density at radius 2 is 1.74 bits per heavy atom. The van der Waals surface area contributed by atoms with Crippen molar-refractivity contribution in [3.63, 3.8) is 0 Å². The number of ether oxygens (including phenoxy) is 1. The molecule has 0 radical (unpaired) electrons. The molecule has 1 aliphatic carbocycles. The van der Waals surface area contributed by atoms with Crippen LogP contribution in [-0.2, 0) is 16.0 Å². The first-order chi connectivity index (χ1) is 15.1. The molecule has 2 aliphatic rings. The summed E-state index contributed by atoms with van der Waals surface area (Å²) in [7, 11) is 1.39. The lowest BCUT2D eigenvalue weighted by Crippen LogP contribution is -2.25. The predicted molar refractivity (Wildman–Crippen MR) is 120 cm³/mol. The molecular weight excluding hydrogens is 390 g/mol. The number of hydrogen-bond donors (Lipinski definition) is 1. The van der Waals surface area contributed by atoms with E-state index in [-0.39, 0.29) is 5.97 Å². The van der Waals surface area contributed by atoms with E-state index in [1.165, 1.54) is 31.9 Å². The fraction of sp³-hybridized carbons (Fsp3) is 0.385. The highest BCUT2D eigenvalue weighted by Gasteiger charge is 2.36. The first-order valence-corrected chi connectivity index (χ1v) is 11.2. The van der Waals surface area contributed by atoms with Gasteiger partial charge in [-0.05, 0) is 54.4 Å². The van der Waals surface area contributed by atoms with Crippen molar-refractivity contribution in [1.82, 2.24) is 4.57 Å². The third-order valence-corrected chi connectivity index (χ3v) is 7.04. The molecule has 1 fully saturated rings. The van der Waals surface area contributed by atoms with E-state index in [1.54, 1.807) is 0 Å². The van der Waals surface area contributed by atoms with E-state index in [2.05, 4.69) is 12.1 Å². The third kappa shape index (κ3) is 3.14. The lowest BCUT2D eigenvalue weighted by Gasteiger charge is -2.27. The number of hydrogen-bond acceptors (Lipinski definition) is 3. The lowest BCUT2D eigenvalue weighted by molar-refractivity contribution is -0.141. The van der Waals surface area contributed by atoms with Crippen molar-refractivity contribution in [2.24, 2.45) is 0 Å². The molecule has 0 amide bonds. The maximum atomic E-state index is 12.5. The Hall–Kier alpha value is -3.08. The van der Waals surface area contributed by atoms with Gasteiger partial charge in [0.2, 0.25) is 0 Å². The molecule has 2 aromatic carbocycles. The molecule has 0 saturated heterocycles. The van der Waals surface area contributed by atoms with E-state index >= 15 is 0 Å². The number of rotatable bonds is 4. The Labute approximate surface area is 181 Å². The molecule has 31 heavy (non-hydrogen) atoms. The Morgan fingerprint density at radius 3 is 2.42 bits per heavy atom. The Morgan fingerprint density at radius 1 is 1.00 bits per heavy atom. The molecule has 2 heterocycles. The molecule has 3 aromatic rings. The second kappa shape index (κ2) is 7.88. The molecule has 5 nitrogen and oxygen atoms in total. The fourth-order valence-electron chi connectivity index (χ4n) is 5.70. The summed E-state index contributed by atoms with van der Waals surface area (Å²) in [5, 5.41) is 11.2. The zero-order valence-electron chi connectivity index (χ0n) is 17.8. The van der Waals surface area contributed by atoms with Gasteiger partial charge in [0, 0.05) is 5.39 Å². The van der Waals surface area contributed by atoms with Crippen LogP contribution in [0.2, 0.25) is 0 Å². The topological polar surface area (TPSA) is 68.5 Å². The van der Waals surface area contributed by atoms with Crippen molar-refractivity contribution in [3.05, 3.63) is 59.2 Å². The number of aromatic nitrogens is 1. The molecule has 1 aromatic heterocycles. The zero-order valence-corrected chi connectivity index (χ0v) is 17.8. The number of carbonyl (C=O) groups is 2. The minimum absolute atomic E-state index is 0.362. The van der Waals surface area contributed by atoms with Crippen LogP contribution in [0.25, 0.3) is 22.2 Å². The maximum Gasteiger partial charge on any atom is 0.338 e. The van der Waals surface area contributed by atoms with E-state index in [4.69, 9.17) is 4.74 Å². The van der Waals surface area contributed by atoms with Crippen molar-refractivity contribution in [2.45, 2.75) is 56.9 Å². The van der Waals surface area contributed by atoms with Gasteiger partial charge in [-0.3, -0.25) is 0 Å². The van der Waals surface area contributed by atoms with Crippen molar-refractivity contribution < 1.29 is 19.4 Å². The molecule has 0 bridgehead atoms. The van der Waals surface area contributed by atoms with Gasteiger partial charge in [-0.2, -0.15) is 0 Å². The number of carbonyl (C=O) groups excluding carboxylic acids is 1. The number of methoxy groups -OCH3 is 1. The number of carboxylic acids is 1. The second-order valence-electron chi connectivity index (χ2n) is 8.71. The Kier molecular flexibility index (Phi) is 5.05. The van der Waals surface area contributed by atoms with Gasteiger partial charge in [0.25, 0.3) is 0 Å². The number of carboxylic acid groups (broad SMARTS) is 1. The van der Waals surface area contributed by atoms with Crippen LogP contribution in [0.4, 0.5) is 0 Å². The largest absolute Gasteiger partial charge is 0.480 e. The Balaban J connectivity index is 1.90. The van der Waals surface area contributed by atoms with Crippen LogP contribution in [-0.4, -0.2) is 28.7 Å². The molecule has 0 spiro atoms. The Bertz CT molecular complexity index is 1160. The van der Waals surface area contributed by atoms with E-state index in [1.807, 2.05) is 34.9 Å². The van der Waals surface area contributed by atoms with E-state index < -0.39 is 12.0 Å². The molecule has 1 N–H and O–H groups in total. The summed E-state index contributed by atoms with van der Waals surface area (Å²) in [6, 6.07) is 13.4. The van der Waals surface area contributed by atoms with Crippen molar-refractivity contribution >= 4 is 22.8 Å². The molecule has 5 heteroatoms. The summed E-state index contributed by atoms with van der Waals surface area (Å²) < 4.78 is 7.06. The van der Waals surface area contributed by atoms with Crippen LogP contribution >= 0.6 is 0 Å². The number of nitrogens with zero attached hydrogens (tertiary/aromatic N) is 1. The molecule has 1 atom stereocenters. The van der Waals surface area contributed by atoms with Crippen LogP contribution in [0, 0.1) is 0 Å². The molecular formula is C26H27NO4. The summed E-state index contributed by atoms with van der Waals surface area (Å²) in [6.07, 6.45) is 6.90. The number of aliphatic carboxylic acids is 1. The average Bonchev–Trinajstić information content (AvgIpc) is 3.16. The molecule has 1 unspecified atom stereocenters. The van der Waals surface area contributed by atoms with Crippen LogP contribution in [0.5, 0.6) is 0 Å². The fourth-order valence-corrected chi connectivity index (χ4v) is 5.70. The van der Waals surface area contributed by atoms with Gasteiger partial charge in [0.05, 0.1) is 23.9 Å². The van der Waals surface area contributed by atoms with Crippen LogP contribution < -0.4 is 0 Å². The SMILES string of the molecule is COC(=O)c1ccc2c(C3CCCCC3)c(-c3ccccc3)n3c2c1CCC3C(=O)O. The first kappa shape index (κ1) is 19.9. The summed E-state index contributed by atoms with van der Waals surface area (Å²) in [5.74, 6) is -0.783. The van der Waals surface area contributed by atoms with Crippen molar-refractivity contribution in [2.75, 3.05) is 7.11 Å². The highest BCUT2D eigenvalue weighted by atomic mass is 16.5. The van der Waals surface area contributed by atoms with Gasteiger partial charge < -0.3 is 14.4 Å². The standard InChI is InChI=1S/C26H27NO4/c1-31-26(30)19-12-13-20-22(16-8-4-2-5-9-16)23(17-10-6-3-7-11-17)27-21(25(28)29)15-14-18(19)24(20)27/h3,6-7,10-13,16,21H,2,4-5,8-9,14-15H2,1H3,(H,28,29). The predicted octanol–water partition coefficient (Wildman–Crippen LogP) is 5.71. The molecule has 1 saturated carbocycles. The summed E-state index contributed by atoms with van der Waals surface area (Å²) in [6.45, 7) is 0. The molecule has 5 rings (SSSR count). The summed E-state index contributed by atoms with van der Waals surface area (Å²) in [4.78, 5) is 24.8. The normalized spacial score (nSPS) is 18.8. The van der Waals surface area contributed by atoms with E-state index in [9.17, 15) is 14.7 Å². The van der Waals surface area contributed by atoms with Crippen molar-refractivity contribution in [3.8, 4) is 11.3 Å². The van der Waals surface area contributed by atoms with Gasteiger partial charge in [-0.1, -0.05) is 55.7 Å². The highest BCUT2D eigenvalue weighted by molar-refractivity contribution is 6.03. The maximum absolute atomic E-state index is 12.5.